The van der Waals surface area contributed by atoms with E-state index in [4.69, 9.17) is 9.84 Å². The molecule has 3 rings (SSSR count). The Morgan fingerprint density at radius 2 is 1.61 bits per heavy atom. The zero-order chi connectivity index (χ0) is 27.7. The molecule has 0 bridgehead atoms. The van der Waals surface area contributed by atoms with Crippen LogP contribution in [0, 0.1) is 5.92 Å². The van der Waals surface area contributed by atoms with E-state index in [0.29, 0.717) is 17.2 Å². The van der Waals surface area contributed by atoms with Crippen molar-refractivity contribution in [2.45, 2.75) is 78.0 Å². The van der Waals surface area contributed by atoms with Gasteiger partial charge in [-0.2, -0.15) is 0 Å². The zero-order valence-corrected chi connectivity index (χ0v) is 23.3. The lowest BCUT2D eigenvalue weighted by Crippen LogP contribution is -2.23. The summed E-state index contributed by atoms with van der Waals surface area (Å²) in [6, 6.07) is 20.2. The molecule has 38 heavy (non-hydrogen) atoms. The number of benzene rings is 2. The van der Waals surface area contributed by atoms with E-state index in [9.17, 15) is 9.90 Å². The lowest BCUT2D eigenvalue weighted by molar-refractivity contribution is -0.137. The number of ether oxygens (including phenoxy) is 1. The van der Waals surface area contributed by atoms with Crippen molar-refractivity contribution in [3.63, 3.8) is 0 Å². The molecule has 2 unspecified atom stereocenters. The molecule has 204 valence electrons. The van der Waals surface area contributed by atoms with Gasteiger partial charge in [0.05, 0.1) is 18.3 Å². The number of carbonyl (C=O) groups is 1. The van der Waals surface area contributed by atoms with Crippen molar-refractivity contribution in [1.82, 2.24) is 10.3 Å². The number of aliphatic hydroxyl groups excluding tert-OH is 1. The summed E-state index contributed by atoms with van der Waals surface area (Å²) in [5.74, 6) is 0.437. The highest BCUT2D eigenvalue weighted by Gasteiger charge is 2.17. The van der Waals surface area contributed by atoms with E-state index in [-0.39, 0.29) is 24.5 Å². The second-order valence-electron chi connectivity index (χ2n) is 11.3. The molecule has 6 nitrogen and oxygen atoms in total. The maximum absolute atomic E-state index is 10.7. The zero-order valence-electron chi connectivity index (χ0n) is 23.3. The number of rotatable bonds is 13. The van der Waals surface area contributed by atoms with E-state index in [0.717, 1.165) is 36.1 Å². The Balaban J connectivity index is 1.71. The highest BCUT2D eigenvalue weighted by molar-refractivity contribution is 5.66. The number of hydrogen-bond acceptors (Lipinski definition) is 5. The second kappa shape index (κ2) is 13.5. The summed E-state index contributed by atoms with van der Waals surface area (Å²) < 4.78 is 6.42. The van der Waals surface area contributed by atoms with Crippen molar-refractivity contribution in [2.24, 2.45) is 5.92 Å². The number of pyridine rings is 1. The summed E-state index contributed by atoms with van der Waals surface area (Å²) in [4.78, 5) is 15.4. The number of aliphatic carboxylic acids is 1. The predicted molar refractivity (Wildman–Crippen MR) is 152 cm³/mol. The summed E-state index contributed by atoms with van der Waals surface area (Å²) in [6.07, 6.45) is 3.70. The van der Waals surface area contributed by atoms with Crippen molar-refractivity contribution in [2.75, 3.05) is 6.54 Å². The SMILES string of the molecule is CC(C)CCCC(Oc1ccc(-c2ccc(C(C)(C)C)cc2)nc1)c1ccc(C(O)NCCC(=O)O)cc1. The lowest BCUT2D eigenvalue weighted by atomic mass is 9.86. The Morgan fingerprint density at radius 3 is 2.16 bits per heavy atom. The molecule has 1 heterocycles. The van der Waals surface area contributed by atoms with Crippen LogP contribution < -0.4 is 10.1 Å². The molecular formula is C32H42N2O4. The minimum absolute atomic E-state index is 0.0457. The number of aliphatic hydroxyl groups is 1. The summed E-state index contributed by atoms with van der Waals surface area (Å²) in [5.41, 5.74) is 5.09. The van der Waals surface area contributed by atoms with E-state index in [2.05, 4.69) is 69.2 Å². The first-order valence-corrected chi connectivity index (χ1v) is 13.5. The third-order valence-corrected chi connectivity index (χ3v) is 6.61. The van der Waals surface area contributed by atoms with Crippen LogP contribution in [0.1, 0.15) is 89.3 Å². The highest BCUT2D eigenvalue weighted by atomic mass is 16.5. The standard InChI is InChI=1S/C32H42N2O4/c1-22(2)7-6-8-29(24-9-11-25(12-10-24)31(37)33-20-19-30(35)36)38-27-17-18-28(34-21-27)23-13-15-26(16-14-23)32(3,4)5/h9-18,21-22,29,31,33,37H,6-8,19-20H2,1-5H3,(H,35,36). The normalized spacial score (nSPS) is 13.3. The van der Waals surface area contributed by atoms with Gasteiger partial charge in [0.15, 0.2) is 0 Å². The molecule has 0 fully saturated rings. The molecule has 0 spiro atoms. The van der Waals surface area contributed by atoms with Gasteiger partial charge in [-0.15, -0.1) is 0 Å². The second-order valence-corrected chi connectivity index (χ2v) is 11.3. The van der Waals surface area contributed by atoms with Gasteiger partial charge < -0.3 is 14.9 Å². The van der Waals surface area contributed by atoms with E-state index < -0.39 is 12.2 Å². The average molecular weight is 519 g/mol. The van der Waals surface area contributed by atoms with Crippen LogP contribution in [-0.2, 0) is 10.2 Å². The van der Waals surface area contributed by atoms with Crippen LogP contribution in [-0.4, -0.2) is 27.7 Å². The molecule has 3 N–H and O–H groups in total. The number of hydrogen-bond donors (Lipinski definition) is 3. The van der Waals surface area contributed by atoms with E-state index in [1.807, 2.05) is 36.4 Å². The number of nitrogens with zero attached hydrogens (tertiary/aromatic N) is 1. The maximum atomic E-state index is 10.7. The fraction of sp³-hybridized carbons (Fsp3) is 0.438. The summed E-state index contributed by atoms with van der Waals surface area (Å²) >= 11 is 0. The molecule has 3 aromatic rings. The van der Waals surface area contributed by atoms with E-state index >= 15 is 0 Å². The van der Waals surface area contributed by atoms with E-state index in [1.54, 1.807) is 6.20 Å². The molecule has 0 aliphatic heterocycles. The van der Waals surface area contributed by atoms with Crippen molar-refractivity contribution in [3.05, 3.63) is 83.6 Å². The fourth-order valence-corrected chi connectivity index (χ4v) is 4.26. The lowest BCUT2D eigenvalue weighted by Gasteiger charge is -2.21. The molecule has 0 radical (unpaired) electrons. The fourth-order valence-electron chi connectivity index (χ4n) is 4.26. The monoisotopic (exact) mass is 518 g/mol. The van der Waals surface area contributed by atoms with Gasteiger partial charge in [0, 0.05) is 12.1 Å². The number of nitrogens with one attached hydrogen (secondary N) is 1. The van der Waals surface area contributed by atoms with Crippen LogP contribution in [0.25, 0.3) is 11.3 Å². The van der Waals surface area contributed by atoms with Gasteiger partial charge in [-0.25, -0.2) is 0 Å². The Labute approximate surface area is 227 Å². The van der Waals surface area contributed by atoms with Gasteiger partial charge in [-0.05, 0) is 53.0 Å². The molecule has 0 aliphatic rings. The predicted octanol–water partition coefficient (Wildman–Crippen LogP) is 7.05. The smallest absolute Gasteiger partial charge is 0.304 e. The number of aromatic nitrogens is 1. The van der Waals surface area contributed by atoms with Gasteiger partial charge in [0.2, 0.25) is 0 Å². The highest BCUT2D eigenvalue weighted by Crippen LogP contribution is 2.30. The summed E-state index contributed by atoms with van der Waals surface area (Å²) in [5, 5.41) is 22.0. The van der Waals surface area contributed by atoms with Crippen LogP contribution in [0.4, 0.5) is 0 Å². The Hall–Kier alpha value is -3.22. The van der Waals surface area contributed by atoms with Gasteiger partial charge in [0.1, 0.15) is 18.1 Å². The van der Waals surface area contributed by atoms with Crippen LogP contribution in [0.2, 0.25) is 0 Å². The molecule has 0 saturated heterocycles. The number of carboxylic acid groups (broad SMARTS) is 1. The Bertz CT molecular complexity index is 1130. The Morgan fingerprint density at radius 1 is 0.947 bits per heavy atom. The van der Waals surface area contributed by atoms with Gasteiger partial charge in [0.25, 0.3) is 0 Å². The molecule has 6 heteroatoms. The molecule has 2 aromatic carbocycles. The quantitative estimate of drug-likeness (QED) is 0.210. The van der Waals surface area contributed by atoms with Gasteiger partial charge in [-0.1, -0.05) is 89.6 Å². The van der Waals surface area contributed by atoms with Gasteiger partial charge in [-0.3, -0.25) is 15.1 Å². The number of carboxylic acids is 1. The molecule has 2 atom stereocenters. The van der Waals surface area contributed by atoms with Crippen molar-refractivity contribution < 1.29 is 19.7 Å². The first-order chi connectivity index (χ1) is 18.0. The van der Waals surface area contributed by atoms with Gasteiger partial charge >= 0.3 is 5.97 Å². The maximum Gasteiger partial charge on any atom is 0.304 e. The third-order valence-electron chi connectivity index (χ3n) is 6.61. The largest absolute Gasteiger partial charge is 0.484 e. The van der Waals surface area contributed by atoms with Crippen molar-refractivity contribution in [1.29, 1.82) is 0 Å². The minimum Gasteiger partial charge on any atom is -0.484 e. The van der Waals surface area contributed by atoms with Crippen LogP contribution >= 0.6 is 0 Å². The molecular weight excluding hydrogens is 476 g/mol. The minimum atomic E-state index is -0.919. The molecule has 0 aliphatic carbocycles. The topological polar surface area (TPSA) is 91.7 Å². The summed E-state index contributed by atoms with van der Waals surface area (Å²) in [6.45, 7) is 11.3. The van der Waals surface area contributed by atoms with Crippen LogP contribution in [0.3, 0.4) is 0 Å². The summed E-state index contributed by atoms with van der Waals surface area (Å²) in [7, 11) is 0. The van der Waals surface area contributed by atoms with Crippen LogP contribution in [0.15, 0.2) is 66.9 Å². The average Bonchev–Trinajstić information content (AvgIpc) is 2.88. The first kappa shape index (κ1) is 29.3. The van der Waals surface area contributed by atoms with Crippen molar-refractivity contribution >= 4 is 5.97 Å². The first-order valence-electron chi connectivity index (χ1n) is 13.5. The van der Waals surface area contributed by atoms with E-state index in [1.165, 1.54) is 5.56 Å². The third kappa shape index (κ3) is 8.96. The molecule has 1 aromatic heterocycles. The molecule has 0 saturated carbocycles. The Kier molecular flexibility index (Phi) is 10.5. The van der Waals surface area contributed by atoms with Crippen molar-refractivity contribution in [3.8, 4) is 17.0 Å². The van der Waals surface area contributed by atoms with Crippen LogP contribution in [0.5, 0.6) is 5.75 Å². The molecule has 0 amide bonds.